The van der Waals surface area contributed by atoms with Crippen molar-refractivity contribution in [1.82, 2.24) is 0 Å². The summed E-state index contributed by atoms with van der Waals surface area (Å²) in [5, 5.41) is 1.21. The van der Waals surface area contributed by atoms with Gasteiger partial charge in [-0.05, 0) is 0 Å². The Morgan fingerprint density at radius 3 is 1.44 bits per heavy atom. The van der Waals surface area contributed by atoms with Gasteiger partial charge in [0.2, 0.25) is 0 Å². The van der Waals surface area contributed by atoms with Crippen LogP contribution >= 0.6 is 0 Å². The molecule has 0 bridgehead atoms. The van der Waals surface area contributed by atoms with Crippen LogP contribution in [0.15, 0.2) is 12.7 Å². The monoisotopic (exact) mass is 201 g/mol. The van der Waals surface area contributed by atoms with Gasteiger partial charge in [-0.1, -0.05) is 0 Å². The number of rotatable bonds is 1. The molecule has 0 aromatic rings. The van der Waals surface area contributed by atoms with Crippen LogP contribution in [0.1, 0.15) is 0 Å². The van der Waals surface area contributed by atoms with Crippen LogP contribution in [0.4, 0.5) is 0 Å². The summed E-state index contributed by atoms with van der Waals surface area (Å²) in [5.41, 5.74) is 0. The zero-order valence-electron chi connectivity index (χ0n) is 4.99. The molecule has 4 N–H and O–H groups in total. The predicted octanol–water partition coefficient (Wildman–Crippen LogP) is -1.47. The molecule has 4 nitrogen and oxygen atoms in total. The van der Waals surface area contributed by atoms with Gasteiger partial charge in [0.1, 0.15) is 0 Å². The molecule has 0 aromatic heterocycles. The van der Waals surface area contributed by atoms with Crippen molar-refractivity contribution < 1.29 is 37.5 Å². The van der Waals surface area contributed by atoms with E-state index in [0.29, 0.717) is 0 Å². The van der Waals surface area contributed by atoms with E-state index in [1.807, 2.05) is 6.08 Å². The van der Waals surface area contributed by atoms with Crippen LogP contribution in [0.2, 0.25) is 5.02 Å². The predicted molar refractivity (Wildman–Crippen MR) is 29.6 cm³/mol. The molecule has 0 atom stereocenters. The van der Waals surface area contributed by atoms with Gasteiger partial charge in [-0.2, -0.15) is 0 Å². The van der Waals surface area contributed by atoms with Gasteiger partial charge in [-0.15, -0.1) is 0 Å². The molecule has 6 heteroatoms. The molecule has 0 spiro atoms. The average molecular weight is 203 g/mol. The molecule has 0 aliphatic carbocycles. The van der Waals surface area contributed by atoms with Crippen LogP contribution in [-0.2, 0) is 18.3 Å². The molecule has 0 saturated carbocycles. The van der Waals surface area contributed by atoms with Gasteiger partial charge in [-0.25, -0.2) is 0 Å². The molecule has 0 rings (SSSR count). The maximum atomic E-state index is 7.33. The van der Waals surface area contributed by atoms with Gasteiger partial charge in [0.15, 0.2) is 0 Å². The third kappa shape index (κ3) is 172. The van der Waals surface area contributed by atoms with Gasteiger partial charge in [0.25, 0.3) is 0 Å². The van der Waals surface area contributed by atoms with Crippen molar-refractivity contribution >= 4 is 9.05 Å². The fraction of sp³-hybridized carbons (Fsp3) is 0.333. The van der Waals surface area contributed by atoms with E-state index in [0.717, 1.165) is 0 Å². The van der Waals surface area contributed by atoms with Crippen LogP contribution in [-0.4, -0.2) is 28.2 Å². The molecule has 0 aliphatic heterocycles. The van der Waals surface area contributed by atoms with Gasteiger partial charge in [-0.3, -0.25) is 0 Å². The van der Waals surface area contributed by atoms with E-state index < -0.39 is 9.05 Å². The number of hydrogen-bond donors (Lipinski definition) is 4. The molecule has 9 heavy (non-hydrogen) atoms. The minimum Gasteiger partial charge on any atom is -0.368 e. The second-order valence-electron chi connectivity index (χ2n) is 1.18. The standard InChI is InChI=1S/C3H5.H4O4Si.Zn/c1-3-2;1-5(2,3)4;/h3H,1-2H2;1-4H;. The Hall–Kier alpha value is 0.420. The van der Waals surface area contributed by atoms with Crippen LogP contribution in [0.25, 0.3) is 0 Å². The summed E-state index contributed by atoms with van der Waals surface area (Å²) in [6.45, 7) is 3.51. The Labute approximate surface area is 64.6 Å². The summed E-state index contributed by atoms with van der Waals surface area (Å²) in [4.78, 5) is 29.3. The second kappa shape index (κ2) is 6.54. The smallest absolute Gasteiger partial charge is 0.368 e. The average Bonchev–Trinajstić information content (AvgIpc) is 1.61. The Kier molecular flexibility index (Phi) is 8.81. The van der Waals surface area contributed by atoms with E-state index in [2.05, 4.69) is 6.58 Å². The minimum absolute atomic E-state index is 1.21. The van der Waals surface area contributed by atoms with Crippen LogP contribution < -0.4 is 0 Å². The molecule has 0 unspecified atom stereocenters. The Morgan fingerprint density at radius 2 is 1.44 bits per heavy atom. The number of allylic oxidation sites excluding steroid dienone is 1. The first-order chi connectivity index (χ1) is 3.91. The van der Waals surface area contributed by atoms with Crippen molar-refractivity contribution in [2.75, 3.05) is 0 Å². The van der Waals surface area contributed by atoms with Gasteiger partial charge in [0.05, 0.1) is 0 Å². The van der Waals surface area contributed by atoms with E-state index in [9.17, 15) is 0 Å². The van der Waals surface area contributed by atoms with Gasteiger partial charge >= 0.3 is 45.0 Å². The summed E-state index contributed by atoms with van der Waals surface area (Å²) in [6.07, 6.45) is 1.93. The van der Waals surface area contributed by atoms with E-state index >= 15 is 0 Å². The summed E-state index contributed by atoms with van der Waals surface area (Å²) in [5.74, 6) is 0. The molecule has 0 heterocycles. The summed E-state index contributed by atoms with van der Waals surface area (Å²) in [6, 6.07) is 0. The first-order valence-corrected chi connectivity index (χ1v) is 6.10. The van der Waals surface area contributed by atoms with Crippen molar-refractivity contribution in [3.8, 4) is 0 Å². The van der Waals surface area contributed by atoms with Crippen molar-refractivity contribution in [2.24, 2.45) is 0 Å². The van der Waals surface area contributed by atoms with Crippen molar-refractivity contribution in [3.05, 3.63) is 12.7 Å². The Bertz CT molecular complexity index is 64.7. The molecule has 51 valence electrons. The Balaban J connectivity index is 0. The maximum Gasteiger partial charge on any atom is 0.668 e. The summed E-state index contributed by atoms with van der Waals surface area (Å²) >= 11 is 1.35. The SMILES string of the molecule is C=C[CH2][Zn].O[Si](O)(O)O. The number of hydrogen-bond acceptors (Lipinski definition) is 4. The quantitative estimate of drug-likeness (QED) is 0.309. The van der Waals surface area contributed by atoms with E-state index in [1.54, 1.807) is 0 Å². The molecule has 0 saturated heterocycles. The first-order valence-electron chi connectivity index (χ1n) is 2.21. The fourth-order valence-electron chi connectivity index (χ4n) is 0. The molecule has 0 fully saturated rings. The molecular formula is C3H9O4SiZn. The zero-order valence-corrected chi connectivity index (χ0v) is 8.95. The summed E-state index contributed by atoms with van der Waals surface area (Å²) < 4.78 is 0. The van der Waals surface area contributed by atoms with E-state index in [4.69, 9.17) is 19.2 Å². The minimum atomic E-state index is -4.61. The van der Waals surface area contributed by atoms with Crippen LogP contribution in [0, 0.1) is 0 Å². The summed E-state index contributed by atoms with van der Waals surface area (Å²) in [7, 11) is -4.61. The largest absolute Gasteiger partial charge is 0.668 e. The maximum absolute atomic E-state index is 7.33. The molecule has 0 aromatic carbocycles. The van der Waals surface area contributed by atoms with Gasteiger partial charge in [0, 0.05) is 0 Å². The zero-order chi connectivity index (χ0) is 7.91. The molecule has 0 amide bonds. The first kappa shape index (κ1) is 12.1. The normalized spacial score (nSPS) is 9.56. The second-order valence-corrected chi connectivity index (χ2v) is 3.59. The molecule has 0 radical (unpaired) electrons. The fourth-order valence-corrected chi connectivity index (χ4v) is 0. The Morgan fingerprint density at radius 1 is 1.33 bits per heavy atom. The van der Waals surface area contributed by atoms with Crippen molar-refractivity contribution in [1.29, 1.82) is 0 Å². The van der Waals surface area contributed by atoms with E-state index in [-0.39, 0.29) is 0 Å². The van der Waals surface area contributed by atoms with E-state index in [1.165, 1.54) is 23.3 Å². The molecule has 0 aliphatic rings. The third-order valence-corrected chi connectivity index (χ3v) is 1.06. The topological polar surface area (TPSA) is 80.9 Å². The van der Waals surface area contributed by atoms with Gasteiger partial charge < -0.3 is 19.2 Å². The third-order valence-electron chi connectivity index (χ3n) is 0.204. The van der Waals surface area contributed by atoms with Crippen molar-refractivity contribution in [3.63, 3.8) is 0 Å². The molecular weight excluding hydrogens is 194 g/mol. The van der Waals surface area contributed by atoms with Crippen LogP contribution in [0.5, 0.6) is 0 Å². The van der Waals surface area contributed by atoms with Crippen LogP contribution in [0.3, 0.4) is 0 Å². The van der Waals surface area contributed by atoms with Crippen molar-refractivity contribution in [2.45, 2.75) is 5.02 Å².